The molecule has 0 aromatic heterocycles. The van der Waals surface area contributed by atoms with E-state index in [1.54, 1.807) is 41.2 Å². The van der Waals surface area contributed by atoms with Crippen LogP contribution in [-0.2, 0) is 0 Å². The maximum absolute atomic E-state index is 11.3. The van der Waals surface area contributed by atoms with E-state index in [1.165, 1.54) is 0 Å². The van der Waals surface area contributed by atoms with Gasteiger partial charge in [0.15, 0.2) is 0 Å². The van der Waals surface area contributed by atoms with E-state index in [0.29, 0.717) is 0 Å². The number of carbonyl (C=O) groups is 2. The average Bonchev–Trinajstić information content (AvgIpc) is 3.02. The first-order valence-corrected chi connectivity index (χ1v) is 11.6. The maximum atomic E-state index is 11.3. The molecule has 2 aliphatic rings. The normalized spacial score (nSPS) is 18.6. The van der Waals surface area contributed by atoms with Crippen molar-refractivity contribution in [2.75, 3.05) is 50.8 Å². The quantitative estimate of drug-likeness (QED) is 0.485. The van der Waals surface area contributed by atoms with Gasteiger partial charge in [0, 0.05) is 50.8 Å². The monoisotopic (exact) mass is 354 g/mol. The van der Waals surface area contributed by atoms with Gasteiger partial charge in [0.2, 0.25) is 0 Å². The van der Waals surface area contributed by atoms with Crippen LogP contribution in [0.2, 0.25) is 0 Å². The molecule has 114 valence electrons. The summed E-state index contributed by atoms with van der Waals surface area (Å²) >= 11 is 0. The van der Waals surface area contributed by atoms with Gasteiger partial charge in [-0.15, -0.1) is 0 Å². The Morgan fingerprint density at radius 1 is 0.850 bits per heavy atom. The summed E-state index contributed by atoms with van der Waals surface area (Å²) in [7, 11) is 7.02. The van der Waals surface area contributed by atoms with Crippen molar-refractivity contribution in [2.24, 2.45) is 0 Å². The summed E-state index contributed by atoms with van der Waals surface area (Å²) in [4.78, 5) is 26.3. The van der Waals surface area contributed by atoms with Crippen LogP contribution in [0.5, 0.6) is 0 Å². The van der Waals surface area contributed by atoms with Crippen molar-refractivity contribution in [3.05, 3.63) is 0 Å². The first-order chi connectivity index (χ1) is 9.77. The Hall–Kier alpha value is -0.0600. The molecule has 2 aliphatic heterocycles. The van der Waals surface area contributed by atoms with Gasteiger partial charge in [-0.3, -0.25) is 0 Å². The van der Waals surface area contributed by atoms with Gasteiger partial charge in [-0.1, -0.05) is 21.6 Å². The van der Waals surface area contributed by atoms with Crippen LogP contribution >= 0.6 is 41.2 Å². The number of hydrogen-bond donors (Lipinski definition) is 2. The third kappa shape index (κ3) is 5.38. The van der Waals surface area contributed by atoms with Crippen LogP contribution in [0.25, 0.3) is 0 Å². The fraction of sp³-hybridized carbons (Fsp3) is 0.800. The van der Waals surface area contributed by atoms with E-state index in [1.807, 2.05) is 9.80 Å². The average molecular weight is 355 g/mol. The SMILES string of the molecule is O=C1NCCN1CCSSSSCCN1CCNC1=O. The first-order valence-electron chi connectivity index (χ1n) is 6.40. The lowest BCUT2D eigenvalue weighted by molar-refractivity contribution is 0.219. The van der Waals surface area contributed by atoms with Gasteiger partial charge in [-0.25, -0.2) is 9.59 Å². The van der Waals surface area contributed by atoms with Crippen LogP contribution in [0.4, 0.5) is 9.59 Å². The zero-order valence-corrected chi connectivity index (χ0v) is 14.3. The molecule has 4 amide bonds. The molecule has 0 radical (unpaired) electrons. The van der Waals surface area contributed by atoms with Crippen molar-refractivity contribution < 1.29 is 9.59 Å². The number of nitrogens with zero attached hydrogens (tertiary/aromatic N) is 2. The van der Waals surface area contributed by atoms with Crippen molar-refractivity contribution in [2.45, 2.75) is 0 Å². The van der Waals surface area contributed by atoms with Crippen molar-refractivity contribution in [1.29, 1.82) is 0 Å². The van der Waals surface area contributed by atoms with Crippen LogP contribution in [0.15, 0.2) is 0 Å². The molecular weight excluding hydrogens is 336 g/mol. The van der Waals surface area contributed by atoms with Crippen molar-refractivity contribution in [1.82, 2.24) is 20.4 Å². The highest BCUT2D eigenvalue weighted by Crippen LogP contribution is 2.42. The van der Waals surface area contributed by atoms with Gasteiger partial charge in [-0.2, -0.15) is 0 Å². The lowest BCUT2D eigenvalue weighted by Gasteiger charge is -2.13. The largest absolute Gasteiger partial charge is 0.336 e. The standard InChI is InChI=1S/C10H18N4O2S4/c15-9-11-1-3-13(9)5-7-17-19-20-18-8-6-14-4-2-12-10(14)16/h1-8H2,(H,11,15)(H,12,16). The third-order valence-electron chi connectivity index (χ3n) is 2.90. The number of amides is 4. The predicted molar refractivity (Wildman–Crippen MR) is 90.0 cm³/mol. The molecule has 0 bridgehead atoms. The highest BCUT2D eigenvalue weighted by atomic mass is 33.7. The summed E-state index contributed by atoms with van der Waals surface area (Å²) in [5, 5.41) is 5.59. The van der Waals surface area contributed by atoms with Crippen LogP contribution in [0.1, 0.15) is 0 Å². The zero-order valence-electron chi connectivity index (χ0n) is 11.0. The molecule has 0 aromatic carbocycles. The molecule has 2 rings (SSSR count). The molecule has 10 heteroatoms. The molecule has 0 aliphatic carbocycles. The highest BCUT2D eigenvalue weighted by molar-refractivity contribution is 9.26. The molecule has 0 saturated carbocycles. The number of nitrogens with one attached hydrogen (secondary N) is 2. The van der Waals surface area contributed by atoms with Gasteiger partial charge in [0.05, 0.1) is 0 Å². The van der Waals surface area contributed by atoms with E-state index < -0.39 is 0 Å². The summed E-state index contributed by atoms with van der Waals surface area (Å²) in [5.74, 6) is 1.89. The Kier molecular flexibility index (Phi) is 7.39. The lowest BCUT2D eigenvalue weighted by atomic mass is 10.6. The van der Waals surface area contributed by atoms with Gasteiger partial charge in [-0.05, 0) is 19.7 Å². The van der Waals surface area contributed by atoms with Crippen molar-refractivity contribution in [3.63, 3.8) is 0 Å². The summed E-state index contributed by atoms with van der Waals surface area (Å²) in [5.41, 5.74) is 0. The predicted octanol–water partition coefficient (Wildman–Crippen LogP) is 1.71. The highest BCUT2D eigenvalue weighted by Gasteiger charge is 2.19. The van der Waals surface area contributed by atoms with Gasteiger partial charge in [0.1, 0.15) is 0 Å². The molecule has 2 heterocycles. The van der Waals surface area contributed by atoms with Crippen molar-refractivity contribution >= 4 is 53.3 Å². The Labute approximate surface area is 134 Å². The third-order valence-corrected chi connectivity index (χ3v) is 9.33. The van der Waals surface area contributed by atoms with Crippen molar-refractivity contribution in [3.8, 4) is 0 Å². The molecule has 2 saturated heterocycles. The number of carbonyl (C=O) groups excluding carboxylic acids is 2. The molecule has 0 spiro atoms. The Morgan fingerprint density at radius 2 is 1.30 bits per heavy atom. The minimum atomic E-state index is 0.0570. The van der Waals surface area contributed by atoms with E-state index in [4.69, 9.17) is 0 Å². The fourth-order valence-electron chi connectivity index (χ4n) is 1.85. The second-order valence-corrected chi connectivity index (χ2v) is 10.5. The topological polar surface area (TPSA) is 64.7 Å². The number of rotatable bonds is 9. The lowest BCUT2D eigenvalue weighted by Crippen LogP contribution is -2.29. The zero-order chi connectivity index (χ0) is 14.2. The fourth-order valence-corrected chi connectivity index (χ4v) is 7.80. The minimum absolute atomic E-state index is 0.0570. The number of urea groups is 2. The van der Waals surface area contributed by atoms with Gasteiger partial charge < -0.3 is 20.4 Å². The van der Waals surface area contributed by atoms with E-state index in [-0.39, 0.29) is 12.1 Å². The van der Waals surface area contributed by atoms with Crippen LogP contribution < -0.4 is 10.6 Å². The molecule has 0 atom stereocenters. The van der Waals surface area contributed by atoms with Crippen LogP contribution in [0, 0.1) is 0 Å². The summed E-state index contributed by atoms with van der Waals surface area (Å²) < 4.78 is 0. The summed E-state index contributed by atoms with van der Waals surface area (Å²) in [6, 6.07) is 0.114. The Balaban J connectivity index is 1.38. The number of hydrogen-bond acceptors (Lipinski definition) is 6. The Bertz CT molecular complexity index is 315. The molecule has 2 N–H and O–H groups in total. The van der Waals surface area contributed by atoms with E-state index in [9.17, 15) is 9.59 Å². The van der Waals surface area contributed by atoms with E-state index >= 15 is 0 Å². The Morgan fingerprint density at radius 3 is 1.65 bits per heavy atom. The van der Waals surface area contributed by atoms with Gasteiger partial charge in [0.25, 0.3) is 0 Å². The summed E-state index contributed by atoms with van der Waals surface area (Å²) in [6.45, 7) is 4.80. The second-order valence-electron chi connectivity index (χ2n) is 4.22. The first kappa shape index (κ1) is 16.3. The molecule has 0 aromatic rings. The molecule has 6 nitrogen and oxygen atoms in total. The van der Waals surface area contributed by atoms with Gasteiger partial charge >= 0.3 is 12.1 Å². The maximum Gasteiger partial charge on any atom is 0.317 e. The smallest absolute Gasteiger partial charge is 0.317 e. The summed E-state index contributed by atoms with van der Waals surface area (Å²) in [6.07, 6.45) is 0. The van der Waals surface area contributed by atoms with E-state index in [2.05, 4.69) is 10.6 Å². The van der Waals surface area contributed by atoms with Crippen LogP contribution in [0.3, 0.4) is 0 Å². The molecular formula is C10H18N4O2S4. The minimum Gasteiger partial charge on any atom is -0.336 e. The molecule has 20 heavy (non-hydrogen) atoms. The van der Waals surface area contributed by atoms with E-state index in [0.717, 1.165) is 50.8 Å². The molecule has 0 unspecified atom stereocenters. The molecule has 2 fully saturated rings. The second kappa shape index (κ2) is 9.06. The van der Waals surface area contributed by atoms with Crippen LogP contribution in [-0.4, -0.2) is 72.6 Å².